The van der Waals surface area contributed by atoms with Gasteiger partial charge in [0.15, 0.2) is 0 Å². The van der Waals surface area contributed by atoms with Gasteiger partial charge in [0.1, 0.15) is 10.5 Å². The van der Waals surface area contributed by atoms with E-state index >= 15 is 0 Å². The average Bonchev–Trinajstić information content (AvgIpc) is 3.09. The Labute approximate surface area is 165 Å². The highest BCUT2D eigenvalue weighted by Gasteiger charge is 2.15. The molecule has 1 aromatic carbocycles. The number of hydrogen-bond acceptors (Lipinski definition) is 5. The fourth-order valence-electron chi connectivity index (χ4n) is 2.77. The Morgan fingerprint density at radius 2 is 2.07 bits per heavy atom. The van der Waals surface area contributed by atoms with E-state index in [2.05, 4.69) is 10.4 Å². The van der Waals surface area contributed by atoms with Crippen molar-refractivity contribution < 1.29 is 9.90 Å². The van der Waals surface area contributed by atoms with Gasteiger partial charge in [-0.25, -0.2) is 0 Å². The summed E-state index contributed by atoms with van der Waals surface area (Å²) in [4.78, 5) is 26.8. The number of nitrogens with one attached hydrogen (secondary N) is 1. The Kier molecular flexibility index (Phi) is 6.26. The summed E-state index contributed by atoms with van der Waals surface area (Å²) in [7, 11) is 1.77. The van der Waals surface area contributed by atoms with Crippen molar-refractivity contribution in [1.29, 1.82) is 0 Å². The number of aliphatic hydroxyl groups is 1. The first-order valence-corrected chi connectivity index (χ1v) is 9.78. The van der Waals surface area contributed by atoms with E-state index < -0.39 is 0 Å². The number of fused-ring (bicyclic) bond motifs is 1. The topological polar surface area (TPSA) is 84.2 Å². The lowest BCUT2D eigenvalue weighted by Gasteiger charge is -2.07. The highest BCUT2D eigenvalue weighted by molar-refractivity contribution is 7.18. The third kappa shape index (κ3) is 4.74. The molecule has 0 atom stereocenters. The summed E-state index contributed by atoms with van der Waals surface area (Å²) in [5.41, 5.74) is 0.941. The maximum Gasteiger partial charge on any atom is 0.226 e. The van der Waals surface area contributed by atoms with Crippen LogP contribution < -0.4 is 10.7 Å². The molecule has 3 rings (SSSR count). The number of aromatic nitrogens is 2. The van der Waals surface area contributed by atoms with Crippen LogP contribution in [0.5, 0.6) is 0 Å². The smallest absolute Gasteiger partial charge is 0.226 e. The number of carbonyl (C=O) groups excluding carboxylic acids is 1. The zero-order valence-electron chi connectivity index (χ0n) is 14.9. The fourth-order valence-corrected chi connectivity index (χ4v) is 4.00. The van der Waals surface area contributed by atoms with Crippen molar-refractivity contribution in [3.8, 4) is 0 Å². The number of halogens is 1. The van der Waals surface area contributed by atoms with E-state index in [0.717, 1.165) is 15.3 Å². The fraction of sp³-hybridized carbons (Fsp3) is 0.316. The van der Waals surface area contributed by atoms with Gasteiger partial charge in [0.25, 0.3) is 0 Å². The second-order valence-electron chi connectivity index (χ2n) is 6.24. The molecule has 0 saturated heterocycles. The molecule has 0 saturated carbocycles. The van der Waals surface area contributed by atoms with Gasteiger partial charge in [-0.05, 0) is 36.6 Å². The monoisotopic (exact) mass is 405 g/mol. The van der Waals surface area contributed by atoms with Gasteiger partial charge in [0, 0.05) is 30.1 Å². The lowest BCUT2D eigenvalue weighted by Crippen LogP contribution is -2.28. The summed E-state index contributed by atoms with van der Waals surface area (Å²) in [6.45, 7) is 0.476. The SMILES string of the molecule is Cn1nc(CC(=O)NCc2ccc(Cl)cc2)c(=O)c2cc(CCCO)sc21. The Balaban J connectivity index is 1.73. The van der Waals surface area contributed by atoms with Crippen LogP contribution in [0, 0.1) is 0 Å². The molecule has 0 aliphatic carbocycles. The number of aliphatic hydroxyl groups excluding tert-OH is 1. The molecule has 8 heteroatoms. The summed E-state index contributed by atoms with van der Waals surface area (Å²) >= 11 is 7.34. The van der Waals surface area contributed by atoms with Crippen LogP contribution in [0.15, 0.2) is 35.1 Å². The van der Waals surface area contributed by atoms with Crippen molar-refractivity contribution in [2.75, 3.05) is 6.61 Å². The molecule has 2 N–H and O–H groups in total. The van der Waals surface area contributed by atoms with Crippen LogP contribution in [-0.2, 0) is 31.2 Å². The molecule has 0 spiro atoms. The largest absolute Gasteiger partial charge is 0.396 e. The van der Waals surface area contributed by atoms with Crippen LogP contribution in [0.2, 0.25) is 5.02 Å². The number of nitrogens with zero attached hydrogens (tertiary/aromatic N) is 2. The van der Waals surface area contributed by atoms with Crippen molar-refractivity contribution in [1.82, 2.24) is 15.1 Å². The Morgan fingerprint density at radius 3 is 2.78 bits per heavy atom. The number of rotatable bonds is 7. The summed E-state index contributed by atoms with van der Waals surface area (Å²) in [6, 6.07) is 9.05. The number of carbonyl (C=O) groups is 1. The highest BCUT2D eigenvalue weighted by atomic mass is 35.5. The molecule has 0 unspecified atom stereocenters. The average molecular weight is 406 g/mol. The Hall–Kier alpha value is -2.22. The third-order valence-corrected chi connectivity index (χ3v) is 5.66. The molecular weight excluding hydrogens is 386 g/mol. The van der Waals surface area contributed by atoms with E-state index in [9.17, 15) is 9.59 Å². The second kappa shape index (κ2) is 8.65. The van der Waals surface area contributed by atoms with Gasteiger partial charge in [-0.2, -0.15) is 5.10 Å². The van der Waals surface area contributed by atoms with Gasteiger partial charge >= 0.3 is 0 Å². The van der Waals surface area contributed by atoms with Crippen LogP contribution >= 0.6 is 22.9 Å². The highest BCUT2D eigenvalue weighted by Crippen LogP contribution is 2.23. The Morgan fingerprint density at radius 1 is 1.33 bits per heavy atom. The predicted octanol–water partition coefficient (Wildman–Crippen LogP) is 2.43. The molecule has 0 aliphatic heterocycles. The first-order valence-electron chi connectivity index (χ1n) is 8.58. The number of hydrogen-bond donors (Lipinski definition) is 2. The van der Waals surface area contributed by atoms with E-state index in [1.54, 1.807) is 23.9 Å². The first kappa shape index (κ1) is 19.5. The van der Waals surface area contributed by atoms with Gasteiger partial charge < -0.3 is 10.4 Å². The van der Waals surface area contributed by atoms with Gasteiger partial charge in [-0.3, -0.25) is 14.3 Å². The molecule has 0 radical (unpaired) electrons. The van der Waals surface area contributed by atoms with Crippen LogP contribution in [0.4, 0.5) is 0 Å². The van der Waals surface area contributed by atoms with Crippen molar-refractivity contribution in [2.45, 2.75) is 25.8 Å². The second-order valence-corrected chi connectivity index (χ2v) is 7.79. The number of thiophene rings is 1. The first-order chi connectivity index (χ1) is 13.0. The zero-order chi connectivity index (χ0) is 19.4. The van der Waals surface area contributed by atoms with Gasteiger partial charge in [-0.1, -0.05) is 23.7 Å². The van der Waals surface area contributed by atoms with Crippen LogP contribution in [-0.4, -0.2) is 27.4 Å². The molecule has 2 heterocycles. The van der Waals surface area contributed by atoms with Gasteiger partial charge in [0.05, 0.1) is 11.8 Å². The molecule has 0 aliphatic rings. The van der Waals surface area contributed by atoms with E-state index in [0.29, 0.717) is 29.8 Å². The van der Waals surface area contributed by atoms with Crippen LogP contribution in [0.3, 0.4) is 0 Å². The summed E-state index contributed by atoms with van der Waals surface area (Å²) in [5.74, 6) is -0.260. The van der Waals surface area contributed by atoms with Crippen molar-refractivity contribution in [2.24, 2.45) is 7.05 Å². The molecular formula is C19H20ClN3O3S. The van der Waals surface area contributed by atoms with Crippen molar-refractivity contribution in [3.05, 3.63) is 61.7 Å². The zero-order valence-corrected chi connectivity index (χ0v) is 16.4. The summed E-state index contributed by atoms with van der Waals surface area (Å²) < 4.78 is 1.64. The maximum absolute atomic E-state index is 12.7. The quantitative estimate of drug-likeness (QED) is 0.632. The minimum absolute atomic E-state index is 0.0714. The summed E-state index contributed by atoms with van der Waals surface area (Å²) in [5, 5.41) is 17.3. The molecule has 6 nitrogen and oxygen atoms in total. The lowest BCUT2D eigenvalue weighted by molar-refractivity contribution is -0.120. The molecule has 142 valence electrons. The van der Waals surface area contributed by atoms with Crippen LogP contribution in [0.25, 0.3) is 10.2 Å². The van der Waals surface area contributed by atoms with E-state index in [4.69, 9.17) is 16.7 Å². The van der Waals surface area contributed by atoms with E-state index in [-0.39, 0.29) is 30.1 Å². The molecule has 3 aromatic rings. The number of aryl methyl sites for hydroxylation is 2. The van der Waals surface area contributed by atoms with Crippen LogP contribution in [0.1, 0.15) is 22.6 Å². The third-order valence-electron chi connectivity index (χ3n) is 4.15. The molecule has 0 bridgehead atoms. The maximum atomic E-state index is 12.7. The number of amides is 1. The van der Waals surface area contributed by atoms with E-state index in [1.165, 1.54) is 11.3 Å². The van der Waals surface area contributed by atoms with Gasteiger partial charge in [0.2, 0.25) is 11.3 Å². The minimum Gasteiger partial charge on any atom is -0.396 e. The van der Waals surface area contributed by atoms with Crippen molar-refractivity contribution in [3.63, 3.8) is 0 Å². The van der Waals surface area contributed by atoms with Gasteiger partial charge in [-0.15, -0.1) is 11.3 Å². The molecule has 1 amide bonds. The minimum atomic E-state index is -0.260. The van der Waals surface area contributed by atoms with E-state index in [1.807, 2.05) is 18.2 Å². The normalized spacial score (nSPS) is 11.1. The molecule has 0 fully saturated rings. The standard InChI is InChI=1S/C19H20ClN3O3S/c1-23-19-15(9-14(27-19)3-2-8-24)18(26)16(22-23)10-17(25)21-11-12-4-6-13(20)7-5-12/h4-7,9,24H,2-3,8,10-11H2,1H3,(H,21,25). The summed E-state index contributed by atoms with van der Waals surface area (Å²) in [6.07, 6.45) is 1.29. The number of benzene rings is 1. The predicted molar refractivity (Wildman–Crippen MR) is 107 cm³/mol. The molecule has 27 heavy (non-hydrogen) atoms. The van der Waals surface area contributed by atoms with Crippen molar-refractivity contribution >= 4 is 39.1 Å². The Bertz CT molecular complexity index is 1010. The molecule has 2 aromatic heterocycles. The lowest BCUT2D eigenvalue weighted by atomic mass is 10.2.